The highest BCUT2D eigenvalue weighted by Crippen LogP contribution is 2.15. The minimum Gasteiger partial charge on any atom is -0.481 e. The van der Waals surface area contributed by atoms with Crippen LogP contribution in [0.3, 0.4) is 0 Å². The molecule has 1 amide bonds. The Kier molecular flexibility index (Phi) is 4.20. The molecule has 2 rings (SSSR count). The zero-order valence-corrected chi connectivity index (χ0v) is 10.9. The van der Waals surface area contributed by atoms with Crippen LogP contribution in [0.1, 0.15) is 12.5 Å². The third-order valence-corrected chi connectivity index (χ3v) is 2.97. The number of hydrogen-bond acceptors (Lipinski definition) is 3. The Morgan fingerprint density at radius 2 is 2.11 bits per heavy atom. The zero-order valence-electron chi connectivity index (χ0n) is 10.9. The lowest BCUT2D eigenvalue weighted by Gasteiger charge is -2.29. The quantitative estimate of drug-likeness (QED) is 0.817. The molecule has 18 heavy (non-hydrogen) atoms. The maximum atomic E-state index is 12.1. The van der Waals surface area contributed by atoms with Crippen molar-refractivity contribution in [2.75, 3.05) is 26.3 Å². The first kappa shape index (κ1) is 12.9. The first-order valence-electron chi connectivity index (χ1n) is 6.26. The smallest absolute Gasteiger partial charge is 0.263 e. The fraction of sp³-hybridized carbons (Fsp3) is 0.500. The van der Waals surface area contributed by atoms with Crippen molar-refractivity contribution in [2.45, 2.75) is 20.0 Å². The number of aryl methyl sites for hydroxylation is 1. The van der Waals surface area contributed by atoms with Gasteiger partial charge in [0.15, 0.2) is 6.10 Å². The lowest BCUT2D eigenvalue weighted by Crippen LogP contribution is -2.46. The predicted molar refractivity (Wildman–Crippen MR) is 68.7 cm³/mol. The standard InChI is InChI=1S/C14H19NO3/c1-11-4-3-5-13(10-11)18-12(2)14(16)15-6-8-17-9-7-15/h3-5,10,12H,6-9H2,1-2H3/t12-/m1/s1. The van der Waals surface area contributed by atoms with Gasteiger partial charge in [-0.3, -0.25) is 4.79 Å². The zero-order chi connectivity index (χ0) is 13.0. The number of carbonyl (C=O) groups is 1. The molecule has 0 spiro atoms. The second-order valence-electron chi connectivity index (χ2n) is 4.51. The summed E-state index contributed by atoms with van der Waals surface area (Å²) in [4.78, 5) is 13.9. The van der Waals surface area contributed by atoms with Gasteiger partial charge < -0.3 is 14.4 Å². The lowest BCUT2D eigenvalue weighted by molar-refractivity contribution is -0.142. The Labute approximate surface area is 107 Å². The Morgan fingerprint density at radius 3 is 2.78 bits per heavy atom. The minimum absolute atomic E-state index is 0.0276. The number of morpholine rings is 1. The molecule has 4 heteroatoms. The van der Waals surface area contributed by atoms with Crippen LogP contribution in [0.25, 0.3) is 0 Å². The molecule has 0 N–H and O–H groups in total. The first-order valence-corrected chi connectivity index (χ1v) is 6.26. The molecule has 4 nitrogen and oxygen atoms in total. The van der Waals surface area contributed by atoms with Crippen molar-refractivity contribution < 1.29 is 14.3 Å². The van der Waals surface area contributed by atoms with Gasteiger partial charge in [0.1, 0.15) is 5.75 Å². The topological polar surface area (TPSA) is 38.8 Å². The molecule has 0 unspecified atom stereocenters. The summed E-state index contributed by atoms with van der Waals surface area (Å²) < 4.78 is 10.9. The van der Waals surface area contributed by atoms with E-state index in [4.69, 9.17) is 9.47 Å². The molecule has 0 radical (unpaired) electrons. The van der Waals surface area contributed by atoms with E-state index in [9.17, 15) is 4.79 Å². The summed E-state index contributed by atoms with van der Waals surface area (Å²) in [5, 5.41) is 0. The largest absolute Gasteiger partial charge is 0.481 e. The maximum absolute atomic E-state index is 12.1. The van der Waals surface area contributed by atoms with Gasteiger partial charge in [-0.2, -0.15) is 0 Å². The average Bonchev–Trinajstić information content (AvgIpc) is 2.39. The van der Waals surface area contributed by atoms with Crippen LogP contribution in [-0.2, 0) is 9.53 Å². The minimum atomic E-state index is -0.454. The van der Waals surface area contributed by atoms with Gasteiger partial charge in [-0.1, -0.05) is 12.1 Å². The van der Waals surface area contributed by atoms with Crippen molar-refractivity contribution in [3.8, 4) is 5.75 Å². The number of benzene rings is 1. The molecule has 1 aliphatic rings. The third-order valence-electron chi connectivity index (χ3n) is 2.97. The maximum Gasteiger partial charge on any atom is 0.263 e. The molecule has 1 aromatic carbocycles. The average molecular weight is 249 g/mol. The Balaban J connectivity index is 1.94. The van der Waals surface area contributed by atoms with E-state index in [1.807, 2.05) is 31.2 Å². The molecule has 1 fully saturated rings. The molecule has 98 valence electrons. The summed E-state index contributed by atoms with van der Waals surface area (Å²) in [6.45, 7) is 6.33. The number of ether oxygens (including phenoxy) is 2. The Morgan fingerprint density at radius 1 is 1.39 bits per heavy atom. The Hall–Kier alpha value is -1.55. The van der Waals surface area contributed by atoms with E-state index in [1.54, 1.807) is 11.8 Å². The number of nitrogens with zero attached hydrogens (tertiary/aromatic N) is 1. The fourth-order valence-electron chi connectivity index (χ4n) is 1.98. The second kappa shape index (κ2) is 5.87. The van der Waals surface area contributed by atoms with E-state index in [1.165, 1.54) is 0 Å². The van der Waals surface area contributed by atoms with Crippen LogP contribution < -0.4 is 4.74 Å². The summed E-state index contributed by atoms with van der Waals surface area (Å²) in [5.41, 5.74) is 1.12. The van der Waals surface area contributed by atoms with Crippen molar-refractivity contribution in [1.82, 2.24) is 4.90 Å². The summed E-state index contributed by atoms with van der Waals surface area (Å²) >= 11 is 0. The van der Waals surface area contributed by atoms with Crippen molar-refractivity contribution in [3.05, 3.63) is 29.8 Å². The van der Waals surface area contributed by atoms with E-state index in [0.29, 0.717) is 26.3 Å². The van der Waals surface area contributed by atoms with Gasteiger partial charge in [-0.15, -0.1) is 0 Å². The van der Waals surface area contributed by atoms with Gasteiger partial charge in [0.25, 0.3) is 5.91 Å². The Bertz CT molecular complexity index is 413. The van der Waals surface area contributed by atoms with E-state index in [0.717, 1.165) is 11.3 Å². The predicted octanol–water partition coefficient (Wildman–Crippen LogP) is 1.62. The molecular weight excluding hydrogens is 230 g/mol. The molecule has 1 atom stereocenters. The van der Waals surface area contributed by atoms with E-state index < -0.39 is 6.10 Å². The summed E-state index contributed by atoms with van der Waals surface area (Å²) in [7, 11) is 0. The van der Waals surface area contributed by atoms with E-state index in [-0.39, 0.29) is 5.91 Å². The highest BCUT2D eigenvalue weighted by atomic mass is 16.5. The van der Waals surface area contributed by atoms with Gasteiger partial charge in [0.05, 0.1) is 13.2 Å². The van der Waals surface area contributed by atoms with Crippen molar-refractivity contribution in [3.63, 3.8) is 0 Å². The van der Waals surface area contributed by atoms with Crippen LogP contribution >= 0.6 is 0 Å². The summed E-state index contributed by atoms with van der Waals surface area (Å²) in [6.07, 6.45) is -0.454. The molecular formula is C14H19NO3. The van der Waals surface area contributed by atoms with Gasteiger partial charge in [-0.25, -0.2) is 0 Å². The monoisotopic (exact) mass is 249 g/mol. The molecule has 1 saturated heterocycles. The molecule has 0 bridgehead atoms. The molecule has 0 aliphatic carbocycles. The summed E-state index contributed by atoms with van der Waals surface area (Å²) in [6, 6.07) is 7.73. The van der Waals surface area contributed by atoms with Crippen LogP contribution in [0.4, 0.5) is 0 Å². The lowest BCUT2D eigenvalue weighted by atomic mass is 10.2. The van der Waals surface area contributed by atoms with Gasteiger partial charge in [0.2, 0.25) is 0 Å². The molecule has 1 heterocycles. The molecule has 0 aromatic heterocycles. The highest BCUT2D eigenvalue weighted by molar-refractivity contribution is 5.81. The van der Waals surface area contributed by atoms with Gasteiger partial charge >= 0.3 is 0 Å². The van der Waals surface area contributed by atoms with Crippen molar-refractivity contribution >= 4 is 5.91 Å². The van der Waals surface area contributed by atoms with Crippen molar-refractivity contribution in [2.24, 2.45) is 0 Å². The van der Waals surface area contributed by atoms with Gasteiger partial charge in [0, 0.05) is 13.1 Å². The molecule has 1 aliphatic heterocycles. The summed E-state index contributed by atoms with van der Waals surface area (Å²) in [5.74, 6) is 0.768. The number of hydrogen-bond donors (Lipinski definition) is 0. The van der Waals surface area contributed by atoms with Crippen molar-refractivity contribution in [1.29, 1.82) is 0 Å². The second-order valence-corrected chi connectivity index (χ2v) is 4.51. The van der Waals surface area contributed by atoms with Crippen LogP contribution in [-0.4, -0.2) is 43.2 Å². The van der Waals surface area contributed by atoms with Crippen LogP contribution in [0.2, 0.25) is 0 Å². The highest BCUT2D eigenvalue weighted by Gasteiger charge is 2.23. The number of rotatable bonds is 3. The van der Waals surface area contributed by atoms with Gasteiger partial charge in [-0.05, 0) is 31.5 Å². The fourth-order valence-corrected chi connectivity index (χ4v) is 1.98. The normalized spacial score (nSPS) is 17.3. The van der Waals surface area contributed by atoms with E-state index >= 15 is 0 Å². The SMILES string of the molecule is Cc1cccc(O[C@H](C)C(=O)N2CCOCC2)c1. The number of carbonyl (C=O) groups excluding carboxylic acids is 1. The molecule has 1 aromatic rings. The van der Waals surface area contributed by atoms with Crippen LogP contribution in [0.15, 0.2) is 24.3 Å². The van der Waals surface area contributed by atoms with E-state index in [2.05, 4.69) is 0 Å². The van der Waals surface area contributed by atoms with Crippen LogP contribution in [0.5, 0.6) is 5.75 Å². The van der Waals surface area contributed by atoms with Crippen LogP contribution in [0, 0.1) is 6.92 Å². The molecule has 0 saturated carbocycles. The first-order chi connectivity index (χ1) is 8.66. The third kappa shape index (κ3) is 3.23. The number of amides is 1.